The highest BCUT2D eigenvalue weighted by Crippen LogP contribution is 2.12. The number of hydrogen-bond acceptors (Lipinski definition) is 5. The minimum atomic E-state index is 0.0447. The second kappa shape index (κ2) is 6.15. The lowest BCUT2D eigenvalue weighted by Gasteiger charge is -2.32. The van der Waals surface area contributed by atoms with Gasteiger partial charge in [0.1, 0.15) is 0 Å². The van der Waals surface area contributed by atoms with Gasteiger partial charge >= 0.3 is 0 Å². The Balaban J connectivity index is 1.80. The van der Waals surface area contributed by atoms with Gasteiger partial charge in [0.15, 0.2) is 5.13 Å². The van der Waals surface area contributed by atoms with Gasteiger partial charge in [-0.1, -0.05) is 6.92 Å². The van der Waals surface area contributed by atoms with E-state index in [1.165, 1.54) is 11.3 Å². The molecule has 0 saturated carbocycles. The van der Waals surface area contributed by atoms with Crippen molar-refractivity contribution in [1.82, 2.24) is 15.2 Å². The molecule has 3 N–H and O–H groups in total. The van der Waals surface area contributed by atoms with Gasteiger partial charge in [-0.3, -0.25) is 4.79 Å². The summed E-state index contributed by atoms with van der Waals surface area (Å²) in [5, 5.41) is 5.45. The number of likely N-dealkylation sites (tertiary alicyclic amines) is 1. The zero-order valence-electron chi connectivity index (χ0n) is 10.7. The molecule has 1 atom stereocenters. The number of likely N-dealkylation sites (N-methyl/N-ethyl adjacent to an activating group) is 1. The van der Waals surface area contributed by atoms with E-state index in [0.29, 0.717) is 11.6 Å². The molecule has 1 amide bonds. The molecular formula is C12H20N4OS. The highest BCUT2D eigenvalue weighted by Gasteiger charge is 2.20. The third-order valence-corrected chi connectivity index (χ3v) is 3.95. The van der Waals surface area contributed by atoms with Gasteiger partial charge in [-0.15, -0.1) is 11.3 Å². The van der Waals surface area contributed by atoms with E-state index in [1.54, 1.807) is 0 Å². The quantitative estimate of drug-likeness (QED) is 0.850. The molecule has 0 radical (unpaired) electrons. The van der Waals surface area contributed by atoms with E-state index in [4.69, 9.17) is 5.73 Å². The number of nitrogens with two attached hydrogens (primary N) is 1. The summed E-state index contributed by atoms with van der Waals surface area (Å²) in [4.78, 5) is 18.3. The molecule has 1 fully saturated rings. The number of rotatable bonds is 4. The van der Waals surface area contributed by atoms with Crippen LogP contribution in [0, 0.1) is 0 Å². The predicted octanol–water partition coefficient (Wildman–Crippen LogP) is 0.868. The van der Waals surface area contributed by atoms with Crippen molar-refractivity contribution < 1.29 is 4.79 Å². The number of piperidine rings is 1. The summed E-state index contributed by atoms with van der Waals surface area (Å²) in [6.07, 6.45) is 2.56. The van der Waals surface area contributed by atoms with Gasteiger partial charge < -0.3 is 16.0 Å². The summed E-state index contributed by atoms with van der Waals surface area (Å²) in [6.45, 7) is 5.31. The first-order chi connectivity index (χ1) is 8.67. The Morgan fingerprint density at radius 1 is 1.72 bits per heavy atom. The van der Waals surface area contributed by atoms with E-state index in [1.807, 2.05) is 5.38 Å². The number of nitrogens with zero attached hydrogens (tertiary/aromatic N) is 2. The van der Waals surface area contributed by atoms with Gasteiger partial charge in [0.2, 0.25) is 5.91 Å². The maximum atomic E-state index is 11.9. The van der Waals surface area contributed by atoms with Crippen LogP contribution in [0.25, 0.3) is 0 Å². The Labute approximate surface area is 111 Å². The molecule has 5 nitrogen and oxygen atoms in total. The largest absolute Gasteiger partial charge is 0.375 e. The third kappa shape index (κ3) is 3.68. The first-order valence-electron chi connectivity index (χ1n) is 6.39. The van der Waals surface area contributed by atoms with Gasteiger partial charge in [-0.05, 0) is 25.9 Å². The molecule has 2 rings (SSSR count). The number of aromatic nitrogens is 1. The Hall–Kier alpha value is -1.14. The van der Waals surface area contributed by atoms with Crippen LogP contribution in [-0.2, 0) is 11.2 Å². The molecule has 0 spiro atoms. The fourth-order valence-corrected chi connectivity index (χ4v) is 2.87. The van der Waals surface area contributed by atoms with Crippen LogP contribution in [0.3, 0.4) is 0 Å². The maximum Gasteiger partial charge on any atom is 0.226 e. The Morgan fingerprint density at radius 2 is 2.56 bits per heavy atom. The number of nitrogen functional groups attached to an aromatic ring is 1. The van der Waals surface area contributed by atoms with Gasteiger partial charge in [0.05, 0.1) is 12.1 Å². The van der Waals surface area contributed by atoms with Crippen LogP contribution in [-0.4, -0.2) is 41.5 Å². The van der Waals surface area contributed by atoms with Crippen LogP contribution < -0.4 is 11.1 Å². The molecule has 0 bridgehead atoms. The zero-order chi connectivity index (χ0) is 13.0. The van der Waals surface area contributed by atoms with Crippen LogP contribution in [0.15, 0.2) is 5.38 Å². The molecular weight excluding hydrogens is 248 g/mol. The van der Waals surface area contributed by atoms with Crippen LogP contribution in [0.4, 0.5) is 5.13 Å². The lowest BCUT2D eigenvalue weighted by Crippen LogP contribution is -2.47. The van der Waals surface area contributed by atoms with E-state index in [0.717, 1.165) is 38.2 Å². The highest BCUT2D eigenvalue weighted by atomic mass is 32.1. The monoisotopic (exact) mass is 268 g/mol. The molecule has 1 aliphatic rings. The summed E-state index contributed by atoms with van der Waals surface area (Å²) < 4.78 is 0. The van der Waals surface area contributed by atoms with Crippen molar-refractivity contribution in [2.75, 3.05) is 25.4 Å². The highest BCUT2D eigenvalue weighted by molar-refractivity contribution is 7.13. The molecule has 18 heavy (non-hydrogen) atoms. The second-order valence-corrected chi connectivity index (χ2v) is 5.54. The first kappa shape index (κ1) is 13.3. The number of amides is 1. The Morgan fingerprint density at radius 3 is 3.22 bits per heavy atom. The first-order valence-corrected chi connectivity index (χ1v) is 7.27. The lowest BCUT2D eigenvalue weighted by molar-refractivity contribution is -0.121. The normalized spacial score (nSPS) is 20.8. The average Bonchev–Trinajstić information content (AvgIpc) is 2.74. The Kier molecular flexibility index (Phi) is 4.54. The molecule has 6 heteroatoms. The molecule has 1 unspecified atom stereocenters. The fraction of sp³-hybridized carbons (Fsp3) is 0.667. The van der Waals surface area contributed by atoms with Crippen molar-refractivity contribution in [3.63, 3.8) is 0 Å². The lowest BCUT2D eigenvalue weighted by atomic mass is 10.1. The molecule has 1 aromatic heterocycles. The maximum absolute atomic E-state index is 11.9. The minimum absolute atomic E-state index is 0.0447. The number of carbonyl (C=O) groups excluding carboxylic acids is 1. The number of anilines is 1. The standard InChI is InChI=1S/C12H20N4OS/c1-2-16-5-3-4-9(7-16)14-11(17)6-10-8-18-12(13)15-10/h8-9H,2-7H2,1H3,(H2,13,15)(H,14,17). The smallest absolute Gasteiger partial charge is 0.226 e. The van der Waals surface area contributed by atoms with Crippen molar-refractivity contribution in [2.24, 2.45) is 0 Å². The van der Waals surface area contributed by atoms with E-state index in [2.05, 4.69) is 22.1 Å². The van der Waals surface area contributed by atoms with Crippen LogP contribution in [0.1, 0.15) is 25.5 Å². The SMILES string of the molecule is CCN1CCCC(NC(=O)Cc2csc(N)n2)C1. The van der Waals surface area contributed by atoms with Crippen LogP contribution in [0.5, 0.6) is 0 Å². The van der Waals surface area contributed by atoms with Crippen LogP contribution in [0.2, 0.25) is 0 Å². The molecule has 1 aromatic rings. The zero-order valence-corrected chi connectivity index (χ0v) is 11.5. The molecule has 0 aliphatic carbocycles. The summed E-state index contributed by atoms with van der Waals surface area (Å²) in [5.41, 5.74) is 6.31. The van der Waals surface area contributed by atoms with Crippen molar-refractivity contribution in [3.05, 3.63) is 11.1 Å². The molecule has 1 aliphatic heterocycles. The summed E-state index contributed by atoms with van der Waals surface area (Å²) in [7, 11) is 0. The van der Waals surface area contributed by atoms with E-state index in [-0.39, 0.29) is 11.9 Å². The topological polar surface area (TPSA) is 71.2 Å². The van der Waals surface area contributed by atoms with Crippen LogP contribution >= 0.6 is 11.3 Å². The minimum Gasteiger partial charge on any atom is -0.375 e. The number of hydrogen-bond donors (Lipinski definition) is 2. The van der Waals surface area contributed by atoms with E-state index in [9.17, 15) is 4.79 Å². The Bertz CT molecular complexity index is 407. The van der Waals surface area contributed by atoms with Gasteiger partial charge in [0.25, 0.3) is 0 Å². The van der Waals surface area contributed by atoms with Gasteiger partial charge in [-0.25, -0.2) is 4.98 Å². The van der Waals surface area contributed by atoms with E-state index < -0.39 is 0 Å². The molecule has 2 heterocycles. The molecule has 100 valence electrons. The molecule has 1 saturated heterocycles. The predicted molar refractivity (Wildman–Crippen MR) is 73.5 cm³/mol. The van der Waals surface area contributed by atoms with Crippen molar-refractivity contribution in [1.29, 1.82) is 0 Å². The summed E-state index contributed by atoms with van der Waals surface area (Å²) >= 11 is 1.37. The second-order valence-electron chi connectivity index (χ2n) is 4.65. The van der Waals surface area contributed by atoms with E-state index >= 15 is 0 Å². The average molecular weight is 268 g/mol. The number of carbonyl (C=O) groups is 1. The summed E-state index contributed by atoms with van der Waals surface area (Å²) in [5.74, 6) is 0.0447. The summed E-state index contributed by atoms with van der Waals surface area (Å²) in [6, 6.07) is 0.280. The van der Waals surface area contributed by atoms with Crippen molar-refractivity contribution in [2.45, 2.75) is 32.2 Å². The third-order valence-electron chi connectivity index (χ3n) is 3.23. The molecule has 0 aromatic carbocycles. The van der Waals surface area contributed by atoms with Crippen molar-refractivity contribution in [3.8, 4) is 0 Å². The fourth-order valence-electron chi connectivity index (χ4n) is 2.31. The van der Waals surface area contributed by atoms with Crippen molar-refractivity contribution >= 4 is 22.4 Å². The van der Waals surface area contributed by atoms with Gasteiger partial charge in [-0.2, -0.15) is 0 Å². The number of thiazole rings is 1. The van der Waals surface area contributed by atoms with Gasteiger partial charge in [0, 0.05) is 18.0 Å². The number of nitrogens with one attached hydrogen (secondary N) is 1.